The van der Waals surface area contributed by atoms with Crippen molar-refractivity contribution >= 4 is 11.9 Å². The largest absolute Gasteiger partial charge is 0.481 e. The first-order valence-electron chi connectivity index (χ1n) is 6.39. The van der Waals surface area contributed by atoms with Crippen LogP contribution >= 0.6 is 0 Å². The third-order valence-electron chi connectivity index (χ3n) is 3.25. The van der Waals surface area contributed by atoms with Crippen LogP contribution in [0.2, 0.25) is 0 Å². The molecule has 1 fully saturated rings. The van der Waals surface area contributed by atoms with Gasteiger partial charge in [0, 0.05) is 13.0 Å². The number of hydrogen-bond acceptors (Lipinski definition) is 3. The molecular weight excluding hydrogens is 265 g/mol. The van der Waals surface area contributed by atoms with E-state index >= 15 is 0 Å². The van der Waals surface area contributed by atoms with E-state index < -0.39 is 5.97 Å². The van der Waals surface area contributed by atoms with E-state index in [1.165, 1.54) is 12.1 Å². The Hall–Kier alpha value is -1.95. The number of amides is 1. The Bertz CT molecular complexity index is 488. The van der Waals surface area contributed by atoms with Crippen molar-refractivity contribution in [3.63, 3.8) is 0 Å². The molecule has 1 N–H and O–H groups in total. The number of carboxylic acids is 1. The summed E-state index contributed by atoms with van der Waals surface area (Å²) in [5, 5.41) is 8.73. The van der Waals surface area contributed by atoms with E-state index in [4.69, 9.17) is 9.84 Å². The van der Waals surface area contributed by atoms with Gasteiger partial charge in [-0.25, -0.2) is 4.39 Å². The average Bonchev–Trinajstić information content (AvgIpc) is 2.41. The van der Waals surface area contributed by atoms with Crippen LogP contribution in [-0.2, 0) is 20.9 Å². The van der Waals surface area contributed by atoms with E-state index in [0.29, 0.717) is 19.6 Å². The summed E-state index contributed by atoms with van der Waals surface area (Å²) in [6.07, 6.45) is 0.337. The normalized spacial score (nSPS) is 19.1. The van der Waals surface area contributed by atoms with Gasteiger partial charge < -0.3 is 14.7 Å². The van der Waals surface area contributed by atoms with Gasteiger partial charge in [-0.3, -0.25) is 9.59 Å². The predicted molar refractivity (Wildman–Crippen MR) is 68.4 cm³/mol. The molecule has 0 spiro atoms. The highest BCUT2D eigenvalue weighted by Crippen LogP contribution is 2.17. The fourth-order valence-electron chi connectivity index (χ4n) is 2.19. The summed E-state index contributed by atoms with van der Waals surface area (Å²) in [5.74, 6) is -1.40. The minimum atomic E-state index is -0.898. The molecule has 5 nitrogen and oxygen atoms in total. The van der Waals surface area contributed by atoms with Gasteiger partial charge in [-0.15, -0.1) is 0 Å². The van der Waals surface area contributed by atoms with Crippen molar-refractivity contribution in [1.82, 2.24) is 4.90 Å². The SMILES string of the molecule is O=C(O)CCC1COCC(=O)N1Cc1ccc(F)cc1. The second-order valence-electron chi connectivity index (χ2n) is 4.75. The van der Waals surface area contributed by atoms with Crippen LogP contribution in [-0.4, -0.2) is 41.1 Å². The molecule has 2 rings (SSSR count). The van der Waals surface area contributed by atoms with E-state index in [1.807, 2.05) is 0 Å². The standard InChI is InChI=1S/C14H16FNO4/c15-11-3-1-10(2-4-11)7-16-12(5-6-14(18)19)8-20-9-13(16)17/h1-4,12H,5-9H2,(H,18,19). The van der Waals surface area contributed by atoms with Gasteiger partial charge >= 0.3 is 5.97 Å². The molecule has 1 atom stereocenters. The maximum atomic E-state index is 12.9. The highest BCUT2D eigenvalue weighted by molar-refractivity contribution is 5.78. The van der Waals surface area contributed by atoms with Crippen molar-refractivity contribution in [2.75, 3.05) is 13.2 Å². The molecule has 0 bridgehead atoms. The summed E-state index contributed by atoms with van der Waals surface area (Å²) in [7, 11) is 0. The van der Waals surface area contributed by atoms with Crippen LogP contribution in [0, 0.1) is 5.82 Å². The second-order valence-corrected chi connectivity index (χ2v) is 4.75. The van der Waals surface area contributed by atoms with Crippen LogP contribution in [0.1, 0.15) is 18.4 Å². The lowest BCUT2D eigenvalue weighted by Crippen LogP contribution is -2.48. The van der Waals surface area contributed by atoms with Gasteiger partial charge in [0.05, 0.1) is 12.6 Å². The Labute approximate surface area is 116 Å². The average molecular weight is 281 g/mol. The lowest BCUT2D eigenvalue weighted by atomic mass is 10.1. The Morgan fingerprint density at radius 2 is 2.10 bits per heavy atom. The molecule has 1 heterocycles. The zero-order valence-electron chi connectivity index (χ0n) is 10.9. The summed E-state index contributed by atoms with van der Waals surface area (Å²) in [6.45, 7) is 0.678. The van der Waals surface area contributed by atoms with Crippen LogP contribution in [0.25, 0.3) is 0 Å². The molecule has 1 aliphatic rings. The fraction of sp³-hybridized carbons (Fsp3) is 0.429. The molecule has 1 saturated heterocycles. The summed E-state index contributed by atoms with van der Waals surface area (Å²) in [6, 6.07) is 5.66. The number of carboxylic acid groups (broad SMARTS) is 1. The molecule has 0 saturated carbocycles. The van der Waals surface area contributed by atoms with Gasteiger partial charge in [0.2, 0.25) is 5.91 Å². The van der Waals surface area contributed by atoms with Crippen molar-refractivity contribution in [3.8, 4) is 0 Å². The first-order chi connectivity index (χ1) is 9.56. The van der Waals surface area contributed by atoms with Crippen LogP contribution in [0.4, 0.5) is 4.39 Å². The number of carbonyl (C=O) groups is 2. The van der Waals surface area contributed by atoms with Crippen LogP contribution in [0.15, 0.2) is 24.3 Å². The topological polar surface area (TPSA) is 66.8 Å². The van der Waals surface area contributed by atoms with Crippen molar-refractivity contribution < 1.29 is 23.8 Å². The number of ether oxygens (including phenoxy) is 1. The van der Waals surface area contributed by atoms with Crippen LogP contribution < -0.4 is 0 Å². The van der Waals surface area contributed by atoms with Crippen molar-refractivity contribution in [2.45, 2.75) is 25.4 Å². The minimum absolute atomic E-state index is 0.00473. The highest BCUT2D eigenvalue weighted by Gasteiger charge is 2.28. The Kier molecular flexibility index (Phi) is 4.68. The van der Waals surface area contributed by atoms with Crippen molar-refractivity contribution in [3.05, 3.63) is 35.6 Å². The van der Waals surface area contributed by atoms with Gasteiger partial charge in [-0.2, -0.15) is 0 Å². The van der Waals surface area contributed by atoms with Crippen molar-refractivity contribution in [2.24, 2.45) is 0 Å². The van der Waals surface area contributed by atoms with E-state index in [0.717, 1.165) is 5.56 Å². The predicted octanol–water partition coefficient (Wildman–Crippen LogP) is 1.42. The fourth-order valence-corrected chi connectivity index (χ4v) is 2.19. The monoisotopic (exact) mass is 281 g/mol. The number of rotatable bonds is 5. The molecule has 0 aromatic heterocycles. The van der Waals surface area contributed by atoms with E-state index in [-0.39, 0.29) is 30.8 Å². The molecule has 1 amide bonds. The number of morpholine rings is 1. The lowest BCUT2D eigenvalue weighted by Gasteiger charge is -2.35. The number of nitrogens with zero attached hydrogens (tertiary/aromatic N) is 1. The molecule has 0 aliphatic carbocycles. The third kappa shape index (κ3) is 3.77. The molecule has 1 aliphatic heterocycles. The molecule has 20 heavy (non-hydrogen) atoms. The molecule has 1 aromatic rings. The summed E-state index contributed by atoms with van der Waals surface area (Å²) in [5.41, 5.74) is 0.807. The molecular formula is C14H16FNO4. The lowest BCUT2D eigenvalue weighted by molar-refractivity contribution is -0.151. The molecule has 1 unspecified atom stereocenters. The second kappa shape index (κ2) is 6.47. The molecule has 0 radical (unpaired) electrons. The maximum absolute atomic E-state index is 12.9. The number of aliphatic carboxylic acids is 1. The van der Waals surface area contributed by atoms with E-state index in [9.17, 15) is 14.0 Å². The molecule has 108 valence electrons. The van der Waals surface area contributed by atoms with Gasteiger partial charge in [0.25, 0.3) is 0 Å². The van der Waals surface area contributed by atoms with Gasteiger partial charge in [0.15, 0.2) is 0 Å². The van der Waals surface area contributed by atoms with Gasteiger partial charge in [-0.1, -0.05) is 12.1 Å². The minimum Gasteiger partial charge on any atom is -0.481 e. The number of carbonyl (C=O) groups excluding carboxylic acids is 1. The number of halogens is 1. The highest BCUT2D eigenvalue weighted by atomic mass is 19.1. The third-order valence-corrected chi connectivity index (χ3v) is 3.25. The smallest absolute Gasteiger partial charge is 0.303 e. The maximum Gasteiger partial charge on any atom is 0.303 e. The Morgan fingerprint density at radius 3 is 2.75 bits per heavy atom. The summed E-state index contributed by atoms with van der Waals surface area (Å²) in [4.78, 5) is 24.2. The van der Waals surface area contributed by atoms with Crippen LogP contribution in [0.3, 0.4) is 0 Å². The zero-order chi connectivity index (χ0) is 14.5. The van der Waals surface area contributed by atoms with E-state index in [1.54, 1.807) is 17.0 Å². The van der Waals surface area contributed by atoms with Crippen LogP contribution in [0.5, 0.6) is 0 Å². The first-order valence-corrected chi connectivity index (χ1v) is 6.39. The van der Waals surface area contributed by atoms with Crippen molar-refractivity contribution in [1.29, 1.82) is 0 Å². The Balaban J connectivity index is 2.05. The van der Waals surface area contributed by atoms with Gasteiger partial charge in [-0.05, 0) is 24.1 Å². The Morgan fingerprint density at radius 1 is 1.40 bits per heavy atom. The molecule has 6 heteroatoms. The number of hydrogen-bond donors (Lipinski definition) is 1. The summed E-state index contributed by atoms with van der Waals surface area (Å²) >= 11 is 0. The van der Waals surface area contributed by atoms with E-state index in [2.05, 4.69) is 0 Å². The zero-order valence-corrected chi connectivity index (χ0v) is 10.9. The first kappa shape index (κ1) is 14.5. The molecule has 1 aromatic carbocycles. The van der Waals surface area contributed by atoms with Gasteiger partial charge in [0.1, 0.15) is 12.4 Å². The quantitative estimate of drug-likeness (QED) is 0.886. The number of benzene rings is 1. The summed E-state index contributed by atoms with van der Waals surface area (Å²) < 4.78 is 18.0.